The first-order chi connectivity index (χ1) is 9.31. The third-order valence-electron chi connectivity index (χ3n) is 3.60. The number of aromatic nitrogens is 2. The zero-order valence-corrected chi connectivity index (χ0v) is 11.3. The quantitative estimate of drug-likeness (QED) is 0.909. The van der Waals surface area contributed by atoms with Gasteiger partial charge in [0, 0.05) is 44.3 Å². The molecule has 1 aromatic carbocycles. The van der Waals surface area contributed by atoms with Crippen LogP contribution in [0.25, 0.3) is 0 Å². The van der Waals surface area contributed by atoms with Crippen molar-refractivity contribution in [1.29, 1.82) is 0 Å². The molecule has 1 N–H and O–H groups in total. The fourth-order valence-electron chi connectivity index (χ4n) is 2.53. The number of aryl methyl sites for hydroxylation is 1. The molecule has 1 aliphatic rings. The predicted octanol–water partition coefficient (Wildman–Crippen LogP) is 2.12. The molecule has 0 unspecified atom stereocenters. The normalized spacial score (nSPS) is 15.2. The Morgan fingerprint density at radius 3 is 3.16 bits per heavy atom. The van der Waals surface area contributed by atoms with Crippen LogP contribution in [0.2, 0.25) is 0 Å². The van der Waals surface area contributed by atoms with Gasteiger partial charge in [-0.25, -0.2) is 4.98 Å². The standard InChI is InChI=1S/C15H20N4/c1-13-3-2-4-14(11-13)16-5-7-18-9-10-19-8-6-17-15(19)12-18/h2-4,6,8,11,16H,5,7,9-10,12H2,1H3. The number of hydrogen-bond acceptors (Lipinski definition) is 3. The molecule has 0 fully saturated rings. The molecule has 0 spiro atoms. The van der Waals surface area contributed by atoms with Gasteiger partial charge in [-0.15, -0.1) is 0 Å². The number of hydrogen-bond donors (Lipinski definition) is 1. The smallest absolute Gasteiger partial charge is 0.122 e. The number of imidazole rings is 1. The summed E-state index contributed by atoms with van der Waals surface area (Å²) in [6, 6.07) is 8.52. The molecule has 2 aromatic rings. The van der Waals surface area contributed by atoms with E-state index in [4.69, 9.17) is 0 Å². The van der Waals surface area contributed by atoms with Gasteiger partial charge in [-0.05, 0) is 24.6 Å². The number of nitrogens with zero attached hydrogens (tertiary/aromatic N) is 3. The Labute approximate surface area is 114 Å². The molecule has 2 heterocycles. The molecular weight excluding hydrogens is 236 g/mol. The molecule has 4 heteroatoms. The maximum atomic E-state index is 4.39. The van der Waals surface area contributed by atoms with Gasteiger partial charge in [0.15, 0.2) is 0 Å². The van der Waals surface area contributed by atoms with E-state index in [1.165, 1.54) is 17.1 Å². The van der Waals surface area contributed by atoms with E-state index in [-0.39, 0.29) is 0 Å². The molecule has 0 bridgehead atoms. The monoisotopic (exact) mass is 256 g/mol. The lowest BCUT2D eigenvalue weighted by molar-refractivity contribution is 0.225. The van der Waals surface area contributed by atoms with E-state index in [1.54, 1.807) is 0 Å². The minimum absolute atomic E-state index is 0.961. The Balaban J connectivity index is 1.49. The highest BCUT2D eigenvalue weighted by Gasteiger charge is 2.15. The summed E-state index contributed by atoms with van der Waals surface area (Å²) in [5.41, 5.74) is 2.50. The molecule has 1 aromatic heterocycles. The van der Waals surface area contributed by atoms with Crippen molar-refractivity contribution >= 4 is 5.69 Å². The minimum atomic E-state index is 0.961. The first-order valence-electron chi connectivity index (χ1n) is 6.84. The number of anilines is 1. The van der Waals surface area contributed by atoms with E-state index in [0.717, 1.165) is 32.7 Å². The predicted molar refractivity (Wildman–Crippen MR) is 77.2 cm³/mol. The maximum absolute atomic E-state index is 4.39. The van der Waals surface area contributed by atoms with E-state index >= 15 is 0 Å². The summed E-state index contributed by atoms with van der Waals surface area (Å²) in [5.74, 6) is 1.18. The van der Waals surface area contributed by atoms with Crippen molar-refractivity contribution in [2.45, 2.75) is 20.0 Å². The maximum Gasteiger partial charge on any atom is 0.122 e. The molecule has 3 rings (SSSR count). The van der Waals surface area contributed by atoms with Crippen LogP contribution in [-0.4, -0.2) is 34.1 Å². The Morgan fingerprint density at radius 2 is 2.26 bits per heavy atom. The highest BCUT2D eigenvalue weighted by Crippen LogP contribution is 2.11. The van der Waals surface area contributed by atoms with Crippen LogP contribution in [-0.2, 0) is 13.1 Å². The van der Waals surface area contributed by atoms with Gasteiger partial charge >= 0.3 is 0 Å². The fourth-order valence-corrected chi connectivity index (χ4v) is 2.53. The van der Waals surface area contributed by atoms with Gasteiger partial charge in [0.05, 0.1) is 6.54 Å². The van der Waals surface area contributed by atoms with Gasteiger partial charge < -0.3 is 9.88 Å². The van der Waals surface area contributed by atoms with E-state index in [9.17, 15) is 0 Å². The minimum Gasteiger partial charge on any atom is -0.384 e. The SMILES string of the molecule is Cc1cccc(NCCN2CCn3ccnc3C2)c1. The van der Waals surface area contributed by atoms with Gasteiger partial charge in [-0.3, -0.25) is 4.90 Å². The summed E-state index contributed by atoms with van der Waals surface area (Å²) in [7, 11) is 0. The van der Waals surface area contributed by atoms with Crippen molar-refractivity contribution in [3.05, 3.63) is 48.0 Å². The molecule has 0 aliphatic carbocycles. The van der Waals surface area contributed by atoms with Crippen LogP contribution in [0.15, 0.2) is 36.7 Å². The molecule has 1 aliphatic heterocycles. The van der Waals surface area contributed by atoms with Gasteiger partial charge in [-0.2, -0.15) is 0 Å². The van der Waals surface area contributed by atoms with Crippen LogP contribution < -0.4 is 5.32 Å². The average molecular weight is 256 g/mol. The molecule has 0 amide bonds. The fraction of sp³-hybridized carbons (Fsp3) is 0.400. The zero-order chi connectivity index (χ0) is 13.1. The average Bonchev–Trinajstić information content (AvgIpc) is 2.86. The van der Waals surface area contributed by atoms with Crippen LogP contribution in [0.1, 0.15) is 11.4 Å². The van der Waals surface area contributed by atoms with E-state index in [2.05, 4.69) is 57.2 Å². The lowest BCUT2D eigenvalue weighted by Gasteiger charge is -2.27. The summed E-state index contributed by atoms with van der Waals surface area (Å²) >= 11 is 0. The summed E-state index contributed by atoms with van der Waals surface area (Å²) in [6.45, 7) is 7.28. The number of nitrogens with one attached hydrogen (secondary N) is 1. The van der Waals surface area contributed by atoms with E-state index in [0.29, 0.717) is 0 Å². The molecule has 4 nitrogen and oxygen atoms in total. The molecular formula is C15H20N4. The number of rotatable bonds is 4. The third kappa shape index (κ3) is 2.96. The largest absolute Gasteiger partial charge is 0.384 e. The van der Waals surface area contributed by atoms with Crippen molar-refractivity contribution in [2.75, 3.05) is 25.0 Å². The molecule has 0 saturated carbocycles. The highest BCUT2D eigenvalue weighted by molar-refractivity contribution is 5.45. The molecule has 0 saturated heterocycles. The second kappa shape index (κ2) is 5.45. The van der Waals surface area contributed by atoms with Gasteiger partial charge in [0.2, 0.25) is 0 Å². The first-order valence-corrected chi connectivity index (χ1v) is 6.84. The van der Waals surface area contributed by atoms with Gasteiger partial charge in [0.1, 0.15) is 5.82 Å². The second-order valence-electron chi connectivity index (χ2n) is 5.11. The second-order valence-corrected chi connectivity index (χ2v) is 5.11. The molecule has 19 heavy (non-hydrogen) atoms. The number of fused-ring (bicyclic) bond motifs is 1. The van der Waals surface area contributed by atoms with Crippen molar-refractivity contribution in [3.63, 3.8) is 0 Å². The van der Waals surface area contributed by atoms with Crippen LogP contribution in [0.3, 0.4) is 0 Å². The molecule has 0 atom stereocenters. The van der Waals surface area contributed by atoms with Crippen molar-refractivity contribution in [3.8, 4) is 0 Å². The Morgan fingerprint density at radius 1 is 1.32 bits per heavy atom. The van der Waals surface area contributed by atoms with E-state index in [1.807, 2.05) is 6.20 Å². The summed E-state index contributed by atoms with van der Waals surface area (Å²) in [5, 5.41) is 3.48. The highest BCUT2D eigenvalue weighted by atomic mass is 15.2. The van der Waals surface area contributed by atoms with Gasteiger partial charge in [-0.1, -0.05) is 12.1 Å². The Bertz CT molecular complexity index is 547. The molecule has 0 radical (unpaired) electrons. The van der Waals surface area contributed by atoms with Crippen molar-refractivity contribution < 1.29 is 0 Å². The topological polar surface area (TPSA) is 33.1 Å². The van der Waals surface area contributed by atoms with Gasteiger partial charge in [0.25, 0.3) is 0 Å². The van der Waals surface area contributed by atoms with Crippen LogP contribution in [0.4, 0.5) is 5.69 Å². The number of benzene rings is 1. The zero-order valence-electron chi connectivity index (χ0n) is 11.3. The van der Waals surface area contributed by atoms with Crippen molar-refractivity contribution in [1.82, 2.24) is 14.5 Å². The van der Waals surface area contributed by atoms with E-state index < -0.39 is 0 Å². The molecule has 100 valence electrons. The summed E-state index contributed by atoms with van der Waals surface area (Å²) < 4.78 is 2.24. The van der Waals surface area contributed by atoms with Crippen LogP contribution in [0.5, 0.6) is 0 Å². The lowest BCUT2D eigenvalue weighted by atomic mass is 10.2. The lowest BCUT2D eigenvalue weighted by Crippen LogP contribution is -2.36. The third-order valence-corrected chi connectivity index (χ3v) is 3.60. The Hall–Kier alpha value is -1.81. The summed E-state index contributed by atoms with van der Waals surface area (Å²) in [4.78, 5) is 6.84. The van der Waals surface area contributed by atoms with Crippen LogP contribution >= 0.6 is 0 Å². The van der Waals surface area contributed by atoms with Crippen LogP contribution in [0, 0.1) is 6.92 Å². The first kappa shape index (κ1) is 12.2. The Kier molecular flexibility index (Phi) is 3.51. The van der Waals surface area contributed by atoms with Crippen molar-refractivity contribution in [2.24, 2.45) is 0 Å². The summed E-state index contributed by atoms with van der Waals surface area (Å²) in [6.07, 6.45) is 3.96.